The molecule has 0 amide bonds. The molecule has 66 valence electrons. The predicted molar refractivity (Wildman–Crippen MR) is 47.9 cm³/mol. The van der Waals surface area contributed by atoms with Crippen molar-refractivity contribution in [1.82, 2.24) is 0 Å². The predicted octanol–water partition coefficient (Wildman–Crippen LogP) is 2.51. The van der Waals surface area contributed by atoms with E-state index in [9.17, 15) is 4.21 Å². The van der Waals surface area contributed by atoms with Crippen molar-refractivity contribution in [2.24, 2.45) is 0 Å². The fourth-order valence-electron chi connectivity index (χ4n) is 0.633. The van der Waals surface area contributed by atoms with E-state index in [1.165, 1.54) is 12.1 Å². The second-order valence-electron chi connectivity index (χ2n) is 1.85. The Bertz CT molecular complexity index is 295. The summed E-state index contributed by atoms with van der Waals surface area (Å²) in [6.45, 7) is 0. The van der Waals surface area contributed by atoms with Crippen molar-refractivity contribution in [1.29, 1.82) is 0 Å². The molecule has 0 aliphatic heterocycles. The van der Waals surface area contributed by atoms with Gasteiger partial charge in [0.15, 0.2) is 5.75 Å². The van der Waals surface area contributed by atoms with Gasteiger partial charge in [0.1, 0.15) is 0 Å². The normalized spacial score (nSPS) is 12.6. The molecular weight excluding hydrogens is 223 g/mol. The summed E-state index contributed by atoms with van der Waals surface area (Å²) in [4.78, 5) is 0. The topological polar surface area (TPSA) is 46.5 Å². The first kappa shape index (κ1) is 9.80. The summed E-state index contributed by atoms with van der Waals surface area (Å²) in [5.74, 6) is 0.0154. The highest BCUT2D eigenvalue weighted by atomic mass is 35.5. The summed E-state index contributed by atoms with van der Waals surface area (Å²) in [7, 11) is 0. The van der Waals surface area contributed by atoms with Crippen molar-refractivity contribution in [3.63, 3.8) is 0 Å². The third-order valence-electron chi connectivity index (χ3n) is 1.07. The Morgan fingerprint density at radius 2 is 1.83 bits per heavy atom. The van der Waals surface area contributed by atoms with Crippen molar-refractivity contribution < 1.29 is 12.9 Å². The molecule has 0 saturated heterocycles. The van der Waals surface area contributed by atoms with Gasteiger partial charge in [-0.3, -0.25) is 4.55 Å². The van der Waals surface area contributed by atoms with Crippen LogP contribution in [0.3, 0.4) is 0 Å². The Balaban J connectivity index is 3.04. The molecule has 0 aliphatic carbocycles. The monoisotopic (exact) mass is 226 g/mol. The van der Waals surface area contributed by atoms with E-state index in [1.807, 2.05) is 0 Å². The number of hydrogen-bond donors (Lipinski definition) is 1. The van der Waals surface area contributed by atoms with Crippen LogP contribution in [0.2, 0.25) is 10.0 Å². The zero-order chi connectivity index (χ0) is 9.14. The Morgan fingerprint density at radius 1 is 1.33 bits per heavy atom. The minimum absolute atomic E-state index is 0.0154. The highest BCUT2D eigenvalue weighted by Crippen LogP contribution is 2.32. The van der Waals surface area contributed by atoms with E-state index in [2.05, 4.69) is 4.18 Å². The van der Waals surface area contributed by atoms with E-state index < -0.39 is 11.4 Å². The van der Waals surface area contributed by atoms with E-state index in [-0.39, 0.29) is 15.8 Å². The Kier molecular flexibility index (Phi) is 3.34. The van der Waals surface area contributed by atoms with Gasteiger partial charge >= 0.3 is 11.4 Å². The highest BCUT2D eigenvalue weighted by Gasteiger charge is 2.08. The number of halogens is 2. The van der Waals surface area contributed by atoms with E-state index in [0.717, 1.165) is 0 Å². The number of benzene rings is 1. The minimum Gasteiger partial charge on any atom is -0.377 e. The first-order valence-corrected chi connectivity index (χ1v) is 4.63. The fourth-order valence-corrected chi connectivity index (χ4v) is 1.52. The van der Waals surface area contributed by atoms with Crippen molar-refractivity contribution in [3.8, 4) is 5.75 Å². The van der Waals surface area contributed by atoms with Crippen molar-refractivity contribution in [2.45, 2.75) is 0 Å². The van der Waals surface area contributed by atoms with Crippen LogP contribution in [-0.4, -0.2) is 8.76 Å². The zero-order valence-corrected chi connectivity index (χ0v) is 7.99. The average Bonchev–Trinajstić information content (AvgIpc) is 1.97. The fraction of sp³-hybridized carbons (Fsp3) is 0. The molecule has 6 heteroatoms. The third kappa shape index (κ3) is 2.35. The van der Waals surface area contributed by atoms with E-state index in [0.29, 0.717) is 0 Å². The largest absolute Gasteiger partial charge is 0.377 e. The molecule has 1 unspecified atom stereocenters. The maximum atomic E-state index is 10.2. The van der Waals surface area contributed by atoms with Crippen LogP contribution in [0, 0.1) is 0 Å². The van der Waals surface area contributed by atoms with Crippen LogP contribution < -0.4 is 4.18 Å². The summed E-state index contributed by atoms with van der Waals surface area (Å²) >= 11 is 8.83. The summed E-state index contributed by atoms with van der Waals surface area (Å²) in [5, 5.41) is 0.398. The maximum Gasteiger partial charge on any atom is 0.357 e. The second kappa shape index (κ2) is 4.09. The van der Waals surface area contributed by atoms with Gasteiger partial charge in [0.25, 0.3) is 0 Å². The van der Waals surface area contributed by atoms with Gasteiger partial charge in [-0.05, 0) is 12.1 Å². The van der Waals surface area contributed by atoms with E-state index in [1.54, 1.807) is 6.07 Å². The Labute approximate surface area is 81.7 Å². The minimum atomic E-state index is -2.41. The lowest BCUT2D eigenvalue weighted by Crippen LogP contribution is -1.98. The van der Waals surface area contributed by atoms with Crippen LogP contribution in [0.4, 0.5) is 0 Å². The standard InChI is InChI=1S/C6H4Cl2O3S/c7-4-2-1-3-5(8)6(4)11-12(9)10/h1-3H,(H,9,10). The third-order valence-corrected chi connectivity index (χ3v) is 1.98. The quantitative estimate of drug-likeness (QED) is 0.789. The van der Waals surface area contributed by atoms with Crippen molar-refractivity contribution >= 4 is 34.6 Å². The number of para-hydroxylation sites is 1. The number of rotatable bonds is 2. The van der Waals surface area contributed by atoms with Gasteiger partial charge < -0.3 is 4.18 Å². The summed E-state index contributed by atoms with van der Waals surface area (Å²) in [5.41, 5.74) is 0. The van der Waals surface area contributed by atoms with Crippen LogP contribution in [0.25, 0.3) is 0 Å². The lowest BCUT2D eigenvalue weighted by Gasteiger charge is -2.03. The molecular formula is C6H4Cl2O3S. The Hall–Kier alpha value is -0.290. The van der Waals surface area contributed by atoms with Crippen LogP contribution in [0.1, 0.15) is 0 Å². The van der Waals surface area contributed by atoms with Gasteiger partial charge in [-0.15, -0.1) is 0 Å². The molecule has 1 atom stereocenters. The van der Waals surface area contributed by atoms with Gasteiger partial charge in [0, 0.05) is 0 Å². The van der Waals surface area contributed by atoms with Crippen LogP contribution in [-0.2, 0) is 11.4 Å². The SMILES string of the molecule is O=S(O)Oc1c(Cl)cccc1Cl. The van der Waals surface area contributed by atoms with E-state index in [4.69, 9.17) is 27.8 Å². The molecule has 0 radical (unpaired) electrons. The average molecular weight is 227 g/mol. The summed E-state index contributed by atoms with van der Waals surface area (Å²) in [6.07, 6.45) is 0. The van der Waals surface area contributed by atoms with Crippen LogP contribution in [0.15, 0.2) is 18.2 Å². The molecule has 1 aromatic carbocycles. The highest BCUT2D eigenvalue weighted by molar-refractivity contribution is 7.74. The summed E-state index contributed by atoms with van der Waals surface area (Å²) in [6, 6.07) is 4.63. The summed E-state index contributed by atoms with van der Waals surface area (Å²) < 4.78 is 23.1. The van der Waals surface area contributed by atoms with Gasteiger partial charge in [-0.25, -0.2) is 0 Å². The molecule has 3 nitrogen and oxygen atoms in total. The van der Waals surface area contributed by atoms with Gasteiger partial charge in [-0.2, -0.15) is 4.21 Å². The first-order chi connectivity index (χ1) is 5.61. The molecule has 0 spiro atoms. The molecule has 1 rings (SSSR count). The molecule has 12 heavy (non-hydrogen) atoms. The molecule has 0 aromatic heterocycles. The smallest absolute Gasteiger partial charge is 0.357 e. The molecule has 0 fully saturated rings. The lowest BCUT2D eigenvalue weighted by molar-refractivity contribution is 0.458. The van der Waals surface area contributed by atoms with Gasteiger partial charge in [0.2, 0.25) is 0 Å². The van der Waals surface area contributed by atoms with Crippen molar-refractivity contribution in [2.75, 3.05) is 0 Å². The zero-order valence-electron chi connectivity index (χ0n) is 5.66. The molecule has 1 N–H and O–H groups in total. The second-order valence-corrected chi connectivity index (χ2v) is 3.27. The molecule has 1 aromatic rings. The lowest BCUT2D eigenvalue weighted by atomic mass is 10.3. The van der Waals surface area contributed by atoms with Crippen LogP contribution in [0.5, 0.6) is 5.75 Å². The molecule has 0 saturated carbocycles. The number of hydrogen-bond acceptors (Lipinski definition) is 2. The van der Waals surface area contributed by atoms with Crippen molar-refractivity contribution in [3.05, 3.63) is 28.2 Å². The van der Waals surface area contributed by atoms with Gasteiger partial charge in [0.05, 0.1) is 10.0 Å². The maximum absolute atomic E-state index is 10.2. The first-order valence-electron chi connectivity index (χ1n) is 2.84. The molecule has 0 heterocycles. The van der Waals surface area contributed by atoms with Crippen LogP contribution >= 0.6 is 23.2 Å². The molecule has 0 bridgehead atoms. The van der Waals surface area contributed by atoms with Gasteiger partial charge in [-0.1, -0.05) is 29.3 Å². The molecule has 0 aliphatic rings. The Morgan fingerprint density at radius 3 is 2.25 bits per heavy atom. The van der Waals surface area contributed by atoms with E-state index >= 15 is 0 Å².